The van der Waals surface area contributed by atoms with Crippen LogP contribution >= 0.6 is 0 Å². The summed E-state index contributed by atoms with van der Waals surface area (Å²) < 4.78 is 0. The molecule has 3 nitrogen and oxygen atoms in total. The van der Waals surface area contributed by atoms with Gasteiger partial charge in [0.05, 0.1) is 0 Å². The molecular weight excluding hydrogens is 186 g/mol. The third-order valence-electron chi connectivity index (χ3n) is 1.63. The van der Waals surface area contributed by atoms with Gasteiger partial charge in [-0.3, -0.25) is 0 Å². The van der Waals surface area contributed by atoms with E-state index in [0.29, 0.717) is 0 Å². The zero-order valence-corrected chi connectivity index (χ0v) is 11.9. The van der Waals surface area contributed by atoms with Gasteiger partial charge >= 0.3 is 0 Å². The highest BCUT2D eigenvalue weighted by Crippen LogP contribution is 1.76. The summed E-state index contributed by atoms with van der Waals surface area (Å²) in [6, 6.07) is 0. The van der Waals surface area contributed by atoms with Gasteiger partial charge in [-0.2, -0.15) is 0 Å². The molecule has 94 valence electrons. The average molecular weight is 217 g/mol. The number of likely N-dealkylation sites (N-methyl/N-ethyl adjacent to an activating group) is 2. The summed E-state index contributed by atoms with van der Waals surface area (Å²) in [6.07, 6.45) is 0. The molecule has 0 aliphatic heterocycles. The van der Waals surface area contributed by atoms with E-state index < -0.39 is 0 Å². The van der Waals surface area contributed by atoms with Crippen LogP contribution in [0.4, 0.5) is 0 Å². The van der Waals surface area contributed by atoms with E-state index >= 15 is 0 Å². The molecule has 0 radical (unpaired) electrons. The zero-order valence-electron chi connectivity index (χ0n) is 11.9. The van der Waals surface area contributed by atoms with Gasteiger partial charge in [0.25, 0.3) is 0 Å². The first kappa shape index (κ1) is 20.1. The van der Waals surface area contributed by atoms with Gasteiger partial charge in [0.15, 0.2) is 0 Å². The Morgan fingerprint density at radius 2 is 0.867 bits per heavy atom. The van der Waals surface area contributed by atoms with Crippen molar-refractivity contribution in [1.29, 1.82) is 0 Å². The zero-order chi connectivity index (χ0) is 12.9. The molecule has 0 N–H and O–H groups in total. The van der Waals surface area contributed by atoms with Crippen LogP contribution in [-0.4, -0.2) is 76.6 Å². The van der Waals surface area contributed by atoms with E-state index in [2.05, 4.69) is 77.1 Å². The second kappa shape index (κ2) is 16.1. The summed E-state index contributed by atoms with van der Waals surface area (Å²) in [5.41, 5.74) is 0. The second-order valence-electron chi connectivity index (χ2n) is 4.00. The summed E-state index contributed by atoms with van der Waals surface area (Å²) in [4.78, 5) is 6.49. The Kier molecular flexibility index (Phi) is 21.5. The molecule has 0 aliphatic rings. The number of nitrogens with zero attached hydrogens (tertiary/aromatic N) is 3. The van der Waals surface area contributed by atoms with Crippen molar-refractivity contribution in [1.82, 2.24) is 14.7 Å². The molecule has 0 unspecified atom stereocenters. The summed E-state index contributed by atoms with van der Waals surface area (Å²) in [6.45, 7) is 11.6. The normalized spacial score (nSPS) is 9.47. The Labute approximate surface area is 97.4 Å². The molecule has 0 aromatic heterocycles. The molecule has 0 fully saturated rings. The van der Waals surface area contributed by atoms with Crippen molar-refractivity contribution in [2.45, 2.75) is 6.92 Å². The molecule has 0 amide bonds. The molecule has 0 aromatic carbocycles. The lowest BCUT2D eigenvalue weighted by Gasteiger charge is -2.13. The summed E-state index contributed by atoms with van der Waals surface area (Å²) in [5, 5.41) is 0. The van der Waals surface area contributed by atoms with Gasteiger partial charge in [0.2, 0.25) is 0 Å². The molecule has 0 saturated carbocycles. The highest BCUT2D eigenvalue weighted by Gasteiger charge is 1.89. The molecule has 0 saturated heterocycles. The summed E-state index contributed by atoms with van der Waals surface area (Å²) >= 11 is 0. The van der Waals surface area contributed by atoms with Crippen LogP contribution in [0.15, 0.2) is 13.2 Å². The van der Waals surface area contributed by atoms with Crippen LogP contribution in [0.25, 0.3) is 0 Å². The first-order valence-electron chi connectivity index (χ1n) is 5.34. The number of hydrogen-bond donors (Lipinski definition) is 0. The fourth-order valence-corrected chi connectivity index (χ4v) is 0.400. The molecule has 15 heavy (non-hydrogen) atoms. The fourth-order valence-electron chi connectivity index (χ4n) is 0.400. The van der Waals surface area contributed by atoms with Crippen molar-refractivity contribution >= 4 is 0 Å². The van der Waals surface area contributed by atoms with Gasteiger partial charge in [-0.05, 0) is 48.8 Å². The van der Waals surface area contributed by atoms with E-state index in [1.807, 2.05) is 0 Å². The SMILES string of the molecule is C=C.CCN(C)C.CN(C)CCN(C)C. The van der Waals surface area contributed by atoms with E-state index in [4.69, 9.17) is 0 Å². The molecule has 3 heteroatoms. The highest BCUT2D eigenvalue weighted by molar-refractivity contribution is 4.45. The van der Waals surface area contributed by atoms with Crippen LogP contribution in [0.1, 0.15) is 6.92 Å². The van der Waals surface area contributed by atoms with E-state index in [1.165, 1.54) is 0 Å². The predicted octanol–water partition coefficient (Wildman–Crippen LogP) is 1.48. The largest absolute Gasteiger partial charge is 0.310 e. The van der Waals surface area contributed by atoms with Gasteiger partial charge in [0.1, 0.15) is 0 Å². The molecular formula is C12H31N3. The average Bonchev–Trinajstić information content (AvgIpc) is 2.19. The fraction of sp³-hybridized carbons (Fsp3) is 0.833. The standard InChI is InChI=1S/C6H16N2.C4H11N.C2H4/c1-7(2)5-6-8(3)4;1-4-5(2)3;1-2/h5-6H2,1-4H3;4H2,1-3H3;1-2H2. The van der Waals surface area contributed by atoms with Gasteiger partial charge in [-0.25, -0.2) is 0 Å². The Balaban J connectivity index is -0.000000177. The van der Waals surface area contributed by atoms with Crippen molar-refractivity contribution in [3.8, 4) is 0 Å². The summed E-state index contributed by atoms with van der Waals surface area (Å²) in [5.74, 6) is 0. The van der Waals surface area contributed by atoms with Crippen molar-refractivity contribution < 1.29 is 0 Å². The maximum Gasteiger partial charge on any atom is 0.0103 e. The van der Waals surface area contributed by atoms with Crippen molar-refractivity contribution in [3.05, 3.63) is 13.2 Å². The van der Waals surface area contributed by atoms with E-state index in [1.54, 1.807) is 0 Å². The monoisotopic (exact) mass is 217 g/mol. The minimum atomic E-state index is 1.14. The van der Waals surface area contributed by atoms with Crippen molar-refractivity contribution in [2.24, 2.45) is 0 Å². The maximum absolute atomic E-state index is 3.00. The van der Waals surface area contributed by atoms with Crippen LogP contribution in [-0.2, 0) is 0 Å². The molecule has 0 heterocycles. The number of hydrogen-bond acceptors (Lipinski definition) is 3. The maximum atomic E-state index is 3.00. The highest BCUT2D eigenvalue weighted by atomic mass is 15.1. The minimum absolute atomic E-state index is 1.14. The van der Waals surface area contributed by atoms with Crippen LogP contribution in [0, 0.1) is 0 Å². The number of rotatable bonds is 4. The van der Waals surface area contributed by atoms with Crippen LogP contribution < -0.4 is 0 Å². The molecule has 0 spiro atoms. The Morgan fingerprint density at radius 3 is 0.933 bits per heavy atom. The summed E-state index contributed by atoms with van der Waals surface area (Å²) in [7, 11) is 12.5. The molecule has 0 bridgehead atoms. The third-order valence-corrected chi connectivity index (χ3v) is 1.63. The Bertz CT molecular complexity index is 93.0. The van der Waals surface area contributed by atoms with Crippen molar-refractivity contribution in [3.63, 3.8) is 0 Å². The van der Waals surface area contributed by atoms with Crippen LogP contribution in [0.3, 0.4) is 0 Å². The van der Waals surface area contributed by atoms with Crippen LogP contribution in [0.5, 0.6) is 0 Å². The Hall–Kier alpha value is -0.380. The van der Waals surface area contributed by atoms with Gasteiger partial charge in [-0.1, -0.05) is 6.92 Å². The first-order valence-corrected chi connectivity index (χ1v) is 5.34. The molecule has 0 aliphatic carbocycles. The minimum Gasteiger partial charge on any atom is -0.310 e. The lowest BCUT2D eigenvalue weighted by Crippen LogP contribution is -2.25. The molecule has 0 aromatic rings. The lowest BCUT2D eigenvalue weighted by atomic mass is 10.5. The van der Waals surface area contributed by atoms with Gasteiger partial charge < -0.3 is 14.7 Å². The second-order valence-corrected chi connectivity index (χ2v) is 4.00. The van der Waals surface area contributed by atoms with Gasteiger partial charge in [0, 0.05) is 13.1 Å². The molecule has 0 rings (SSSR count). The Morgan fingerprint density at radius 1 is 0.667 bits per heavy atom. The molecule has 0 atom stereocenters. The van der Waals surface area contributed by atoms with Crippen LogP contribution in [0.2, 0.25) is 0 Å². The third kappa shape index (κ3) is 42.0. The quantitative estimate of drug-likeness (QED) is 0.661. The van der Waals surface area contributed by atoms with Crippen molar-refractivity contribution in [2.75, 3.05) is 61.9 Å². The van der Waals surface area contributed by atoms with E-state index in [9.17, 15) is 0 Å². The predicted molar refractivity (Wildman–Crippen MR) is 72.6 cm³/mol. The van der Waals surface area contributed by atoms with E-state index in [-0.39, 0.29) is 0 Å². The lowest BCUT2D eigenvalue weighted by molar-refractivity contribution is 0.320. The topological polar surface area (TPSA) is 9.72 Å². The smallest absolute Gasteiger partial charge is 0.0103 e. The van der Waals surface area contributed by atoms with E-state index in [0.717, 1.165) is 19.6 Å². The first-order chi connectivity index (χ1) is 6.90. The van der Waals surface area contributed by atoms with Gasteiger partial charge in [-0.15, -0.1) is 13.2 Å².